The first-order chi connectivity index (χ1) is 45.5. The predicted octanol–water partition coefficient (Wildman–Crippen LogP) is -7.00. The topological polar surface area (TPSA) is 754 Å². The zero-order chi connectivity index (χ0) is 84.0. The van der Waals surface area contributed by atoms with Gasteiger partial charge in [0.25, 0.3) is 0 Å². The first-order valence-corrected chi connectivity index (χ1v) is 31.1. The van der Waals surface area contributed by atoms with E-state index in [0.29, 0.717) is 78.5 Å². The Labute approximate surface area is 747 Å². The Morgan fingerprint density at radius 1 is 0.264 bits per heavy atom. The standard InChI is InChI=1S/4C6H13NO3.6C5H10O2.2CH2Cl2.2Er.4Fe.4N3/c4*8-4-1-7(2-5-9)3-6-10;6*1-5(2,3)4(6)7;2*2-1-3;;;;;;;4*1-3-2/h4*8H,1-6H2;6*1-3H3,(H,6,7);2*1H2;;;;;;;;;;/q4*-2;;;;;;;;;6*+3;4*-1/p-6. The van der Waals surface area contributed by atoms with E-state index < -0.39 is 68.3 Å². The molecule has 0 saturated carbocycles. The summed E-state index contributed by atoms with van der Waals surface area (Å²) in [4.78, 5) is 72.1. The summed E-state index contributed by atoms with van der Waals surface area (Å²) in [5.74, 6) is -6.04. The minimum atomic E-state index is -1.01. The number of aliphatic hydroxyl groups excluding tert-OH is 4. The average molecular weight is 2090 g/mol. The van der Waals surface area contributed by atoms with Crippen LogP contribution in [0, 0.1) is 107 Å². The van der Waals surface area contributed by atoms with Crippen LogP contribution < -0.4 is 71.5 Å². The van der Waals surface area contributed by atoms with E-state index >= 15 is 0 Å². The van der Waals surface area contributed by atoms with E-state index in [0.717, 1.165) is 0 Å². The molecule has 0 saturated heterocycles. The van der Waals surface area contributed by atoms with E-state index in [-0.39, 0.29) is 233 Å². The second-order valence-electron chi connectivity index (χ2n) is 23.7. The quantitative estimate of drug-likeness (QED) is 0.0229. The molecule has 40 nitrogen and oxygen atoms in total. The second kappa shape index (κ2) is 122. The molecule has 0 amide bonds. The van der Waals surface area contributed by atoms with Crippen molar-refractivity contribution >= 4 is 82.2 Å². The van der Waals surface area contributed by atoms with Crippen molar-refractivity contribution in [1.29, 1.82) is 0 Å². The number of halogens is 4. The van der Waals surface area contributed by atoms with Crippen LogP contribution in [0.25, 0.3) is 63.9 Å². The van der Waals surface area contributed by atoms with E-state index in [4.69, 9.17) is 111 Å². The number of hydrogen-bond acceptors (Lipinski definition) is 28. The first kappa shape index (κ1) is 165. The molecule has 0 unspecified atom stereocenters. The Bertz CT molecular complexity index is 1600. The van der Waals surface area contributed by atoms with Crippen molar-refractivity contribution in [2.45, 2.75) is 125 Å². The number of hydrogen-bond donors (Lipinski definition) is 4. The molecule has 106 heavy (non-hydrogen) atoms. The van der Waals surface area contributed by atoms with Crippen LogP contribution >= 0.6 is 46.4 Å². The zero-order valence-electron chi connectivity index (χ0n) is 63.0. The van der Waals surface area contributed by atoms with Crippen LogP contribution in [-0.2, 0) is 97.0 Å². The number of carbonyl (C=O) groups is 6. The van der Waals surface area contributed by atoms with Crippen LogP contribution in [0.5, 0.6) is 0 Å². The van der Waals surface area contributed by atoms with Gasteiger partial charge in [-0.15, -0.1) is 99.3 Å². The summed E-state index contributed by atoms with van der Waals surface area (Å²) in [6.45, 7) is 31.8. The normalized spacial score (nSPS) is 9.19. The zero-order valence-corrected chi connectivity index (χ0v) is 74.1. The Hall–Kier alpha value is -0.849. The van der Waals surface area contributed by atoms with Crippen LogP contribution in [0.1, 0.15) is 125 Å². The summed E-state index contributed by atoms with van der Waals surface area (Å²) >= 11 is 19.1. The Balaban J connectivity index is -0.0000000359. The van der Waals surface area contributed by atoms with Gasteiger partial charge < -0.3 is 185 Å². The summed E-state index contributed by atoms with van der Waals surface area (Å²) in [6.07, 6.45) is 0. The van der Waals surface area contributed by atoms with Gasteiger partial charge in [0.2, 0.25) is 0 Å². The maximum Gasteiger partial charge on any atom is 3.00 e. The Kier molecular flexibility index (Phi) is 190. The van der Waals surface area contributed by atoms with E-state index in [9.17, 15) is 100 Å². The van der Waals surface area contributed by atoms with Gasteiger partial charge in [-0.3, -0.25) is 19.6 Å². The molecule has 6 radical (unpaired) electrons. The van der Waals surface area contributed by atoms with Gasteiger partial charge in [-0.25, -0.2) is 0 Å². The minimum absolute atomic E-state index is 0. The van der Waals surface area contributed by atoms with E-state index in [1.807, 2.05) is 0 Å². The van der Waals surface area contributed by atoms with Gasteiger partial charge in [-0.05, 0) is 52.4 Å². The number of carboxylic acids is 6. The van der Waals surface area contributed by atoms with E-state index in [1.54, 1.807) is 144 Å². The fraction of sp³-hybridized carbons (Fsp3) is 0.893. The third-order valence-corrected chi connectivity index (χ3v) is 8.60. The van der Waals surface area contributed by atoms with Gasteiger partial charge in [0.05, 0.1) is 37.1 Å². The molecule has 0 rings (SSSR count). The molecule has 0 aromatic heterocycles. The number of nitrogens with zero attached hydrogens (tertiary/aromatic N) is 16. The molecular formula is C56H110Cl4Er2Fe4N16O24. The smallest absolute Gasteiger partial charge is 0.854 e. The minimum Gasteiger partial charge on any atom is -0.854 e. The van der Waals surface area contributed by atoms with Crippen LogP contribution in [0.4, 0.5) is 0 Å². The van der Waals surface area contributed by atoms with Crippen molar-refractivity contribution in [2.75, 3.05) is 168 Å². The maximum absolute atomic E-state index is 10.1. The van der Waals surface area contributed by atoms with Gasteiger partial charge in [0, 0.05) is 94.5 Å². The van der Waals surface area contributed by atoms with Gasteiger partial charge >= 0.3 is 143 Å². The van der Waals surface area contributed by atoms with Crippen molar-refractivity contribution in [2.24, 2.45) is 32.5 Å². The molecule has 0 aliphatic rings. The molecule has 0 bridgehead atoms. The Morgan fingerprint density at radius 2 is 0.321 bits per heavy atom. The van der Waals surface area contributed by atoms with Crippen molar-refractivity contribution in [3.8, 4) is 0 Å². The molecule has 0 spiro atoms. The third kappa shape index (κ3) is 213. The largest absolute Gasteiger partial charge is 3.00 e. The van der Waals surface area contributed by atoms with Crippen molar-refractivity contribution < 1.29 is 264 Å². The Morgan fingerprint density at radius 3 is 0.349 bits per heavy atom. The monoisotopic (exact) mass is 2090 g/mol. The van der Waals surface area contributed by atoms with Crippen molar-refractivity contribution in [1.82, 2.24) is 19.6 Å². The number of aliphatic hydroxyl groups is 4. The van der Waals surface area contributed by atoms with E-state index in [2.05, 4.69) is 0 Å². The van der Waals surface area contributed by atoms with Crippen LogP contribution in [0.15, 0.2) is 0 Å². The maximum atomic E-state index is 10.1. The molecule has 0 fully saturated rings. The second-order valence-corrected chi connectivity index (χ2v) is 25.3. The molecule has 50 heteroatoms. The number of aliphatic carboxylic acids is 6. The first-order valence-electron chi connectivity index (χ1n) is 29.0. The van der Waals surface area contributed by atoms with Gasteiger partial charge in [0.1, 0.15) is 0 Å². The van der Waals surface area contributed by atoms with Gasteiger partial charge in [0.15, 0.2) is 0 Å². The number of rotatable bonds is 24. The number of alkyl halides is 4. The van der Waals surface area contributed by atoms with Crippen LogP contribution in [-0.4, -0.2) is 244 Å². The summed E-state index contributed by atoms with van der Waals surface area (Å²) in [5.41, 5.74) is 49.8. The molecular weight excluding hydrogens is 1980 g/mol. The molecule has 642 valence electrons. The summed E-state index contributed by atoms with van der Waals surface area (Å²) in [6, 6.07) is 0. The van der Waals surface area contributed by atoms with Crippen LogP contribution in [0.2, 0.25) is 0 Å². The molecule has 0 aliphatic heterocycles. The third-order valence-electron chi connectivity index (χ3n) is 8.60. The molecule has 0 aromatic carbocycles. The summed E-state index contributed by atoms with van der Waals surface area (Å²) in [5, 5.41) is 174. The predicted molar refractivity (Wildman–Crippen MR) is 353 cm³/mol. The molecule has 0 aromatic rings. The SMILES string of the molecule is CC(C)(C)C(=O)[O-].CC(C)(C)C(=O)[O-].CC(C)(C)C(=O)[O-].CC(C)(C)C(=O)[O-].CC(C)(C)C(=O)[O-].CC(C)(C)C(=O)[O-].ClCCl.ClCCl.[Er+3].[Er+3].[Fe+3].[Fe+3].[Fe+3].[Fe+3].[N-]=[N+]=[N-].[N-]=[N+]=[N-].[N-]=[N+]=[N-].[N-]=[N+]=[N-].[O-]CCN(CC[O-])CCO.[O-]CCN(CC[O-])CCO.[O-]CCN(CC[O-])CCO.[O-]CCN(CC[O-])CCO. The van der Waals surface area contributed by atoms with Gasteiger partial charge in [-0.1, -0.05) is 125 Å². The van der Waals surface area contributed by atoms with Crippen LogP contribution in [0.3, 0.4) is 0 Å². The summed E-state index contributed by atoms with van der Waals surface area (Å²) < 4.78 is 0. The summed E-state index contributed by atoms with van der Waals surface area (Å²) in [7, 11) is 0. The fourth-order valence-electron chi connectivity index (χ4n) is 2.94. The van der Waals surface area contributed by atoms with Gasteiger partial charge in [-0.2, -0.15) is 0 Å². The molecule has 0 aliphatic carbocycles. The average Bonchev–Trinajstić information content (AvgIpc) is 3.45. The number of carboxylic acid groups (broad SMARTS) is 6. The molecule has 0 atom stereocenters. The van der Waals surface area contributed by atoms with E-state index in [1.165, 1.54) is 19.6 Å². The molecule has 0 heterocycles. The molecule has 4 N–H and O–H groups in total. The van der Waals surface area contributed by atoms with Crippen molar-refractivity contribution in [3.63, 3.8) is 0 Å². The van der Waals surface area contributed by atoms with Crippen molar-refractivity contribution in [3.05, 3.63) is 63.9 Å². The number of carbonyl (C=O) groups excluding carboxylic acids is 6. The fourth-order valence-corrected chi connectivity index (χ4v) is 2.94.